The van der Waals surface area contributed by atoms with Gasteiger partial charge in [-0.3, -0.25) is 0 Å². The van der Waals surface area contributed by atoms with Gasteiger partial charge in [-0.05, 0) is 18.8 Å². The molecule has 0 amide bonds. The molecule has 15 heavy (non-hydrogen) atoms. The van der Waals surface area contributed by atoms with Crippen molar-refractivity contribution < 1.29 is 4.42 Å². The lowest BCUT2D eigenvalue weighted by Gasteiger charge is -2.27. The molecule has 1 aromatic rings. The van der Waals surface area contributed by atoms with Crippen LogP contribution >= 0.6 is 0 Å². The predicted molar refractivity (Wildman–Crippen MR) is 57.3 cm³/mol. The molecular formula is C11H19N3O. The molecule has 4 nitrogen and oxygen atoms in total. The van der Waals surface area contributed by atoms with Gasteiger partial charge in [-0.25, -0.2) is 0 Å². The maximum absolute atomic E-state index is 5.32. The number of nitrogens with zero attached hydrogens (tertiary/aromatic N) is 2. The zero-order chi connectivity index (χ0) is 10.7. The summed E-state index contributed by atoms with van der Waals surface area (Å²) < 4.78 is 5.32. The van der Waals surface area contributed by atoms with Gasteiger partial charge < -0.3 is 9.73 Å². The molecule has 2 atom stereocenters. The van der Waals surface area contributed by atoms with Gasteiger partial charge in [-0.1, -0.05) is 19.8 Å². The molecule has 1 N–H and O–H groups in total. The first-order valence-corrected chi connectivity index (χ1v) is 5.76. The highest BCUT2D eigenvalue weighted by Crippen LogP contribution is 2.23. The van der Waals surface area contributed by atoms with Gasteiger partial charge in [0.2, 0.25) is 11.8 Å². The van der Waals surface area contributed by atoms with Crippen LogP contribution in [0.3, 0.4) is 0 Å². The van der Waals surface area contributed by atoms with Gasteiger partial charge in [0.25, 0.3) is 0 Å². The molecule has 1 aliphatic carbocycles. The van der Waals surface area contributed by atoms with Gasteiger partial charge in [0, 0.05) is 13.0 Å². The highest BCUT2D eigenvalue weighted by atomic mass is 16.4. The molecule has 0 saturated heterocycles. The Morgan fingerprint density at radius 1 is 1.40 bits per heavy atom. The normalized spacial score (nSPS) is 26.8. The van der Waals surface area contributed by atoms with E-state index in [-0.39, 0.29) is 0 Å². The molecule has 1 aliphatic rings. The lowest BCUT2D eigenvalue weighted by atomic mass is 9.87. The summed E-state index contributed by atoms with van der Waals surface area (Å²) in [5.74, 6) is 2.19. The molecule has 4 heteroatoms. The molecule has 0 bridgehead atoms. The number of aromatic nitrogens is 2. The van der Waals surface area contributed by atoms with E-state index in [1.54, 1.807) is 0 Å². The second-order valence-electron chi connectivity index (χ2n) is 4.56. The van der Waals surface area contributed by atoms with Crippen LogP contribution in [0.4, 0.5) is 0 Å². The minimum atomic E-state index is 0.626. The average Bonchev–Trinajstić information content (AvgIpc) is 2.62. The van der Waals surface area contributed by atoms with Crippen LogP contribution in [0.15, 0.2) is 4.42 Å². The van der Waals surface area contributed by atoms with Crippen molar-refractivity contribution in [2.24, 2.45) is 5.92 Å². The zero-order valence-electron chi connectivity index (χ0n) is 9.49. The standard InChI is InChI=1S/C11H19N3O/c1-8-4-3-5-10(6-8)12-7-11-14-13-9(2)15-11/h8,10,12H,3-7H2,1-2H3. The fourth-order valence-electron chi connectivity index (χ4n) is 2.26. The van der Waals surface area contributed by atoms with Crippen molar-refractivity contribution in [3.63, 3.8) is 0 Å². The quantitative estimate of drug-likeness (QED) is 0.827. The minimum absolute atomic E-state index is 0.626. The summed E-state index contributed by atoms with van der Waals surface area (Å²) >= 11 is 0. The topological polar surface area (TPSA) is 51.0 Å². The van der Waals surface area contributed by atoms with Gasteiger partial charge in [-0.2, -0.15) is 0 Å². The summed E-state index contributed by atoms with van der Waals surface area (Å²) in [6.07, 6.45) is 5.25. The predicted octanol–water partition coefficient (Wildman–Crippen LogP) is 2.05. The van der Waals surface area contributed by atoms with Gasteiger partial charge in [0.15, 0.2) is 0 Å². The van der Waals surface area contributed by atoms with Crippen LogP contribution in [0.5, 0.6) is 0 Å². The molecule has 2 rings (SSSR count). The van der Waals surface area contributed by atoms with Gasteiger partial charge in [0.1, 0.15) is 0 Å². The minimum Gasteiger partial charge on any atom is -0.424 e. The first kappa shape index (κ1) is 10.6. The molecule has 84 valence electrons. The summed E-state index contributed by atoms with van der Waals surface area (Å²) in [6.45, 7) is 4.85. The molecule has 1 saturated carbocycles. The first-order valence-electron chi connectivity index (χ1n) is 5.76. The molecule has 2 unspecified atom stereocenters. The third-order valence-corrected chi connectivity index (χ3v) is 3.05. The Hall–Kier alpha value is -0.900. The highest BCUT2D eigenvalue weighted by Gasteiger charge is 2.18. The van der Waals surface area contributed by atoms with Crippen LogP contribution in [-0.4, -0.2) is 16.2 Å². The third-order valence-electron chi connectivity index (χ3n) is 3.05. The van der Waals surface area contributed by atoms with E-state index < -0.39 is 0 Å². The van der Waals surface area contributed by atoms with Crippen molar-refractivity contribution in [3.8, 4) is 0 Å². The van der Waals surface area contributed by atoms with E-state index in [9.17, 15) is 0 Å². The van der Waals surface area contributed by atoms with E-state index in [0.717, 1.165) is 5.92 Å². The van der Waals surface area contributed by atoms with Crippen LogP contribution in [0.2, 0.25) is 0 Å². The third kappa shape index (κ3) is 3.02. The van der Waals surface area contributed by atoms with Crippen molar-refractivity contribution in [2.75, 3.05) is 0 Å². The Morgan fingerprint density at radius 2 is 2.27 bits per heavy atom. The number of hydrogen-bond acceptors (Lipinski definition) is 4. The smallest absolute Gasteiger partial charge is 0.230 e. The maximum atomic E-state index is 5.32. The Labute approximate surface area is 90.5 Å². The zero-order valence-corrected chi connectivity index (χ0v) is 9.49. The molecule has 1 fully saturated rings. The van der Waals surface area contributed by atoms with E-state index in [0.29, 0.717) is 24.4 Å². The second kappa shape index (κ2) is 4.75. The van der Waals surface area contributed by atoms with Gasteiger partial charge in [-0.15, -0.1) is 10.2 Å². The number of nitrogens with one attached hydrogen (secondary N) is 1. The van der Waals surface area contributed by atoms with E-state index in [2.05, 4.69) is 22.4 Å². The molecule has 0 spiro atoms. The summed E-state index contributed by atoms with van der Waals surface area (Å²) in [7, 11) is 0. The number of rotatable bonds is 3. The molecular weight excluding hydrogens is 190 g/mol. The van der Waals surface area contributed by atoms with Crippen molar-refractivity contribution in [3.05, 3.63) is 11.8 Å². The molecule has 0 aromatic carbocycles. The summed E-state index contributed by atoms with van der Waals surface area (Å²) in [5, 5.41) is 11.3. The Bertz CT molecular complexity index is 311. The highest BCUT2D eigenvalue weighted by molar-refractivity contribution is 4.81. The average molecular weight is 209 g/mol. The summed E-state index contributed by atoms with van der Waals surface area (Å²) in [4.78, 5) is 0. The Kier molecular flexibility index (Phi) is 3.36. The van der Waals surface area contributed by atoms with Crippen LogP contribution in [0.1, 0.15) is 44.4 Å². The van der Waals surface area contributed by atoms with Crippen molar-refractivity contribution in [1.82, 2.24) is 15.5 Å². The molecule has 0 aliphatic heterocycles. The fraction of sp³-hybridized carbons (Fsp3) is 0.818. The number of hydrogen-bond donors (Lipinski definition) is 1. The van der Waals surface area contributed by atoms with E-state index in [4.69, 9.17) is 4.42 Å². The van der Waals surface area contributed by atoms with Crippen LogP contribution in [0.25, 0.3) is 0 Å². The SMILES string of the molecule is Cc1nnc(CNC2CCCC(C)C2)o1. The number of aryl methyl sites for hydroxylation is 1. The van der Waals surface area contributed by atoms with Crippen molar-refractivity contribution >= 4 is 0 Å². The monoisotopic (exact) mass is 209 g/mol. The lowest BCUT2D eigenvalue weighted by molar-refractivity contribution is 0.291. The summed E-state index contributed by atoms with van der Waals surface area (Å²) in [5.41, 5.74) is 0. The van der Waals surface area contributed by atoms with E-state index in [1.807, 2.05) is 6.92 Å². The second-order valence-corrected chi connectivity index (χ2v) is 4.56. The summed E-state index contributed by atoms with van der Waals surface area (Å²) in [6, 6.07) is 0.626. The van der Waals surface area contributed by atoms with Crippen LogP contribution < -0.4 is 5.32 Å². The van der Waals surface area contributed by atoms with Crippen molar-refractivity contribution in [2.45, 2.75) is 52.1 Å². The fourth-order valence-corrected chi connectivity index (χ4v) is 2.26. The molecule has 1 heterocycles. The lowest BCUT2D eigenvalue weighted by Crippen LogP contribution is -2.33. The Morgan fingerprint density at radius 3 is 2.93 bits per heavy atom. The van der Waals surface area contributed by atoms with E-state index in [1.165, 1.54) is 25.7 Å². The van der Waals surface area contributed by atoms with Crippen LogP contribution in [0, 0.1) is 12.8 Å². The molecule has 1 aromatic heterocycles. The maximum Gasteiger partial charge on any atom is 0.230 e. The first-order chi connectivity index (χ1) is 7.24. The van der Waals surface area contributed by atoms with E-state index >= 15 is 0 Å². The van der Waals surface area contributed by atoms with Gasteiger partial charge >= 0.3 is 0 Å². The van der Waals surface area contributed by atoms with Gasteiger partial charge in [0.05, 0.1) is 6.54 Å². The van der Waals surface area contributed by atoms with Crippen molar-refractivity contribution in [1.29, 1.82) is 0 Å². The largest absolute Gasteiger partial charge is 0.424 e. The van der Waals surface area contributed by atoms with Crippen LogP contribution in [-0.2, 0) is 6.54 Å². The molecule has 0 radical (unpaired) electrons. The Balaban J connectivity index is 1.77.